The Hall–Kier alpha value is -4.16. The molecule has 3 heterocycles. The first-order valence-corrected chi connectivity index (χ1v) is 12.4. The maximum Gasteiger partial charge on any atom is 0.336 e. The summed E-state index contributed by atoms with van der Waals surface area (Å²) in [5, 5.41) is 14.5. The smallest absolute Gasteiger partial charge is 0.336 e. The van der Waals surface area contributed by atoms with Gasteiger partial charge in [0.05, 0.1) is 35.4 Å². The molecule has 0 saturated carbocycles. The zero-order valence-corrected chi connectivity index (χ0v) is 23.2. The number of nitro benzene ring substituents is 1. The summed E-state index contributed by atoms with van der Waals surface area (Å²) in [4.78, 5) is 53.3. The van der Waals surface area contributed by atoms with Gasteiger partial charge in [0.1, 0.15) is 6.61 Å². The Kier molecular flexibility index (Phi) is 10.1. The van der Waals surface area contributed by atoms with Crippen molar-refractivity contribution in [3.8, 4) is 0 Å². The summed E-state index contributed by atoms with van der Waals surface area (Å²) in [6.45, 7) is 6.16. The Labute approximate surface area is 237 Å². The molecule has 1 unspecified atom stereocenters. The summed E-state index contributed by atoms with van der Waals surface area (Å²) in [6.07, 6.45) is 1.46. The third-order valence-electron chi connectivity index (χ3n) is 6.83. The molecule has 1 saturated heterocycles. The number of rotatable bonds is 8. The molecule has 1 aromatic carbocycles. The van der Waals surface area contributed by atoms with Gasteiger partial charge in [0.15, 0.2) is 5.76 Å². The number of non-ortho nitro benzene ring substituents is 1. The van der Waals surface area contributed by atoms with Gasteiger partial charge in [0.25, 0.3) is 11.6 Å². The number of ether oxygens (including phenoxy) is 2. The molecule has 13 heteroatoms. The molecule has 0 aliphatic carbocycles. The summed E-state index contributed by atoms with van der Waals surface area (Å²) < 4.78 is 15.8. The number of carbonyl (C=O) groups excluding carboxylic acids is 3. The highest BCUT2D eigenvalue weighted by molar-refractivity contribution is 6.00. The van der Waals surface area contributed by atoms with Crippen molar-refractivity contribution in [3.63, 3.8) is 0 Å². The highest BCUT2D eigenvalue weighted by Gasteiger charge is 2.38. The number of piperazine rings is 1. The van der Waals surface area contributed by atoms with Crippen LogP contribution in [0.25, 0.3) is 0 Å². The number of nitrogens with zero attached hydrogens (tertiary/aromatic N) is 3. The number of benzene rings is 1. The van der Waals surface area contributed by atoms with Crippen LogP contribution in [0.4, 0.5) is 5.69 Å². The first-order chi connectivity index (χ1) is 18.7. The Morgan fingerprint density at radius 2 is 1.73 bits per heavy atom. The lowest BCUT2D eigenvalue weighted by atomic mass is 9.80. The third kappa shape index (κ3) is 6.52. The standard InChI is InChI=1S/C27H30N4O8.ClH/c1-17-22(26(33)37-3)24(19-6-4-7-20(16-19)31(35)36)23(18(2)28-17)27(34)39-15-13-29-9-11-30(12-10-29)25(32)21-8-5-14-38-21;/h4-8,14,16,24,28H,9-13,15H2,1-3H3;1H. The third-order valence-corrected chi connectivity index (χ3v) is 6.83. The van der Waals surface area contributed by atoms with Crippen molar-refractivity contribution in [1.29, 1.82) is 0 Å². The van der Waals surface area contributed by atoms with E-state index in [1.807, 2.05) is 0 Å². The number of furan rings is 1. The molecule has 2 aliphatic heterocycles. The van der Waals surface area contributed by atoms with Gasteiger partial charge in [-0.3, -0.25) is 19.8 Å². The first kappa shape index (κ1) is 30.4. The SMILES string of the molecule is COC(=O)C1=C(C)NC(C)=C(C(=O)OCCN2CCN(C(=O)c3ccco3)CC2)C1c1cccc([N+](=O)[O-])c1.Cl. The first-order valence-electron chi connectivity index (χ1n) is 12.4. The molecule has 0 radical (unpaired) electrons. The molecule has 4 rings (SSSR count). The van der Waals surface area contributed by atoms with Gasteiger partial charge >= 0.3 is 11.9 Å². The van der Waals surface area contributed by atoms with Gasteiger partial charge in [-0.15, -0.1) is 12.4 Å². The summed E-state index contributed by atoms with van der Waals surface area (Å²) in [5.74, 6) is -2.07. The molecule has 40 heavy (non-hydrogen) atoms. The van der Waals surface area contributed by atoms with E-state index in [2.05, 4.69) is 10.2 Å². The lowest BCUT2D eigenvalue weighted by Gasteiger charge is -2.34. The van der Waals surface area contributed by atoms with E-state index >= 15 is 0 Å². The number of halogens is 1. The van der Waals surface area contributed by atoms with Crippen LogP contribution in [0.5, 0.6) is 0 Å². The van der Waals surface area contributed by atoms with Gasteiger partial charge in [-0.1, -0.05) is 12.1 Å². The van der Waals surface area contributed by atoms with Crippen LogP contribution >= 0.6 is 12.4 Å². The van der Waals surface area contributed by atoms with Gasteiger partial charge < -0.3 is 24.1 Å². The van der Waals surface area contributed by atoms with Gasteiger partial charge in [-0.2, -0.15) is 0 Å². The van der Waals surface area contributed by atoms with Crippen LogP contribution in [0, 0.1) is 10.1 Å². The zero-order valence-electron chi connectivity index (χ0n) is 22.4. The number of esters is 2. The van der Waals surface area contributed by atoms with E-state index in [0.717, 1.165) is 0 Å². The quantitative estimate of drug-likeness (QED) is 0.284. The average molecular weight is 575 g/mol. The van der Waals surface area contributed by atoms with Crippen molar-refractivity contribution < 1.29 is 33.2 Å². The van der Waals surface area contributed by atoms with Gasteiger partial charge in [0, 0.05) is 56.3 Å². The van der Waals surface area contributed by atoms with Crippen molar-refractivity contribution in [1.82, 2.24) is 15.1 Å². The molecule has 1 N–H and O–H groups in total. The number of allylic oxidation sites excluding steroid dienone is 2. The molecule has 2 aliphatic rings. The van der Waals surface area contributed by atoms with Crippen LogP contribution in [-0.2, 0) is 19.1 Å². The van der Waals surface area contributed by atoms with Crippen molar-refractivity contribution in [2.45, 2.75) is 19.8 Å². The van der Waals surface area contributed by atoms with Crippen molar-refractivity contribution >= 4 is 35.9 Å². The normalized spacial score (nSPS) is 17.6. The van der Waals surface area contributed by atoms with E-state index in [1.54, 1.807) is 36.9 Å². The fourth-order valence-electron chi connectivity index (χ4n) is 4.87. The second-order valence-corrected chi connectivity index (χ2v) is 9.23. The van der Waals surface area contributed by atoms with Crippen molar-refractivity contribution in [2.75, 3.05) is 46.4 Å². The Morgan fingerprint density at radius 1 is 1.05 bits per heavy atom. The summed E-state index contributed by atoms with van der Waals surface area (Å²) in [6, 6.07) is 9.13. The Balaban J connectivity index is 0.00000441. The fourth-order valence-corrected chi connectivity index (χ4v) is 4.87. The predicted molar refractivity (Wildman–Crippen MR) is 146 cm³/mol. The minimum absolute atomic E-state index is 0. The van der Waals surface area contributed by atoms with Crippen molar-refractivity contribution in [2.24, 2.45) is 0 Å². The Bertz CT molecular complexity index is 1330. The average Bonchev–Trinajstić information content (AvgIpc) is 3.47. The largest absolute Gasteiger partial charge is 0.466 e. The highest BCUT2D eigenvalue weighted by atomic mass is 35.5. The van der Waals surface area contributed by atoms with Crippen LogP contribution in [0.1, 0.15) is 35.9 Å². The van der Waals surface area contributed by atoms with Gasteiger partial charge in [0.2, 0.25) is 0 Å². The molecule has 12 nitrogen and oxygen atoms in total. The highest BCUT2D eigenvalue weighted by Crippen LogP contribution is 2.40. The number of nitrogens with one attached hydrogen (secondary N) is 1. The molecule has 1 atom stereocenters. The van der Waals surface area contributed by atoms with E-state index in [9.17, 15) is 24.5 Å². The molecule has 1 aromatic heterocycles. The monoisotopic (exact) mass is 574 g/mol. The minimum atomic E-state index is -0.915. The molecule has 0 bridgehead atoms. The maximum atomic E-state index is 13.4. The Morgan fingerprint density at radius 3 is 2.33 bits per heavy atom. The number of nitro groups is 1. The van der Waals surface area contributed by atoms with Crippen LogP contribution in [0.15, 0.2) is 69.6 Å². The topological polar surface area (TPSA) is 144 Å². The van der Waals surface area contributed by atoms with E-state index in [0.29, 0.717) is 55.4 Å². The number of dihydropyridines is 1. The molecule has 214 valence electrons. The van der Waals surface area contributed by atoms with Crippen LogP contribution in [-0.4, -0.2) is 79.0 Å². The number of hydrogen-bond donors (Lipinski definition) is 1. The molecule has 1 amide bonds. The number of amides is 1. The van der Waals surface area contributed by atoms with Crippen LogP contribution in [0.2, 0.25) is 0 Å². The van der Waals surface area contributed by atoms with Gasteiger partial charge in [-0.05, 0) is 31.5 Å². The molecule has 2 aromatic rings. The summed E-state index contributed by atoms with van der Waals surface area (Å²) >= 11 is 0. The van der Waals surface area contributed by atoms with Gasteiger partial charge in [-0.25, -0.2) is 9.59 Å². The number of methoxy groups -OCH3 is 1. The lowest BCUT2D eigenvalue weighted by Crippen LogP contribution is -2.49. The summed E-state index contributed by atoms with van der Waals surface area (Å²) in [7, 11) is 1.23. The van der Waals surface area contributed by atoms with E-state index in [1.165, 1.54) is 31.6 Å². The minimum Gasteiger partial charge on any atom is -0.466 e. The molecule has 0 spiro atoms. The predicted octanol–water partition coefficient (Wildman–Crippen LogP) is 3.02. The zero-order chi connectivity index (χ0) is 28.1. The molecule has 1 fully saturated rings. The maximum absolute atomic E-state index is 13.4. The van der Waals surface area contributed by atoms with E-state index in [-0.39, 0.29) is 41.8 Å². The lowest BCUT2D eigenvalue weighted by molar-refractivity contribution is -0.384. The molecular formula is C27H31ClN4O8. The fraction of sp³-hybridized carbons (Fsp3) is 0.370. The second kappa shape index (κ2) is 13.3. The van der Waals surface area contributed by atoms with Crippen molar-refractivity contribution in [3.05, 3.63) is 86.6 Å². The number of hydrogen-bond acceptors (Lipinski definition) is 10. The van der Waals surface area contributed by atoms with E-state index in [4.69, 9.17) is 13.9 Å². The second-order valence-electron chi connectivity index (χ2n) is 9.23. The van der Waals surface area contributed by atoms with Crippen LogP contribution in [0.3, 0.4) is 0 Å². The summed E-state index contributed by atoms with van der Waals surface area (Å²) in [5.41, 5.74) is 1.54. The molecular weight excluding hydrogens is 544 g/mol. The number of carbonyl (C=O) groups is 3. The van der Waals surface area contributed by atoms with E-state index < -0.39 is 22.8 Å². The van der Waals surface area contributed by atoms with Crippen LogP contribution < -0.4 is 5.32 Å².